The van der Waals surface area contributed by atoms with E-state index in [1.54, 1.807) is 24.3 Å². The fourth-order valence-electron chi connectivity index (χ4n) is 2.13. The van der Waals surface area contributed by atoms with Crippen LogP contribution < -0.4 is 5.32 Å². The Kier molecular flexibility index (Phi) is 2.83. The fourth-order valence-corrected chi connectivity index (χ4v) is 2.13. The fraction of sp³-hybridized carbons (Fsp3) is 0.462. The molecular weight excluding hydrogens is 218 g/mol. The molecular formula is C13H17NO3. The maximum absolute atomic E-state index is 11.0. The number of aliphatic hydroxyl groups is 1. The lowest BCUT2D eigenvalue weighted by atomic mass is 9.64. The van der Waals surface area contributed by atoms with Gasteiger partial charge in [-0.3, -0.25) is 0 Å². The third-order valence-corrected chi connectivity index (χ3v) is 3.70. The van der Waals surface area contributed by atoms with Gasteiger partial charge >= 0.3 is 5.97 Å². The molecule has 1 aliphatic rings. The lowest BCUT2D eigenvalue weighted by Gasteiger charge is -2.50. The molecule has 92 valence electrons. The Morgan fingerprint density at radius 3 is 2.59 bits per heavy atom. The largest absolute Gasteiger partial charge is 0.478 e. The first-order valence-electron chi connectivity index (χ1n) is 5.70. The van der Waals surface area contributed by atoms with Crippen LogP contribution >= 0.6 is 0 Å². The Balaban J connectivity index is 2.18. The van der Waals surface area contributed by atoms with Gasteiger partial charge in [0, 0.05) is 17.1 Å². The minimum atomic E-state index is -0.939. The van der Waals surface area contributed by atoms with Crippen LogP contribution in [-0.4, -0.2) is 28.3 Å². The Morgan fingerprint density at radius 1 is 1.41 bits per heavy atom. The molecule has 0 heterocycles. The van der Waals surface area contributed by atoms with Gasteiger partial charge in [-0.25, -0.2) is 4.79 Å². The molecule has 1 aromatic carbocycles. The zero-order valence-electron chi connectivity index (χ0n) is 9.97. The molecule has 0 radical (unpaired) electrons. The number of nitrogens with one attached hydrogen (secondary N) is 1. The van der Waals surface area contributed by atoms with Crippen molar-refractivity contribution in [2.45, 2.75) is 32.4 Å². The number of carboxylic acid groups (broad SMARTS) is 1. The number of rotatable bonds is 3. The summed E-state index contributed by atoms with van der Waals surface area (Å²) in [5.74, 6) is -0.939. The molecule has 0 bridgehead atoms. The van der Waals surface area contributed by atoms with Crippen molar-refractivity contribution in [2.75, 3.05) is 5.32 Å². The number of carbonyl (C=O) groups is 1. The molecule has 1 saturated carbocycles. The summed E-state index contributed by atoms with van der Waals surface area (Å²) in [6.45, 7) is 3.95. The first kappa shape index (κ1) is 11.9. The smallest absolute Gasteiger partial charge is 0.337 e. The standard InChI is InChI=1S/C13H17NO3/c1-13(2)10(7-11(13)15)14-9-6-4-3-5-8(9)12(16)17/h3-6,10-11,14-15H,7H2,1-2H3,(H,16,17). The lowest BCUT2D eigenvalue weighted by molar-refractivity contribution is -0.0510. The lowest BCUT2D eigenvalue weighted by Crippen LogP contribution is -2.57. The highest BCUT2D eigenvalue weighted by atomic mass is 16.4. The molecule has 0 saturated heterocycles. The van der Waals surface area contributed by atoms with Crippen molar-refractivity contribution >= 4 is 11.7 Å². The molecule has 1 aliphatic carbocycles. The summed E-state index contributed by atoms with van der Waals surface area (Å²) < 4.78 is 0. The van der Waals surface area contributed by atoms with Crippen LogP contribution in [0.2, 0.25) is 0 Å². The second-order valence-electron chi connectivity index (χ2n) is 5.12. The first-order valence-corrected chi connectivity index (χ1v) is 5.70. The van der Waals surface area contributed by atoms with Crippen LogP contribution in [0.25, 0.3) is 0 Å². The van der Waals surface area contributed by atoms with Crippen molar-refractivity contribution in [3.8, 4) is 0 Å². The number of benzene rings is 1. The monoisotopic (exact) mass is 235 g/mol. The third kappa shape index (κ3) is 2.00. The summed E-state index contributed by atoms with van der Waals surface area (Å²) in [5.41, 5.74) is 0.667. The van der Waals surface area contributed by atoms with Crippen molar-refractivity contribution in [1.82, 2.24) is 0 Å². The minimum Gasteiger partial charge on any atom is -0.478 e. The van der Waals surface area contributed by atoms with Crippen LogP contribution in [-0.2, 0) is 0 Å². The van der Waals surface area contributed by atoms with Crippen LogP contribution in [0.5, 0.6) is 0 Å². The van der Waals surface area contributed by atoms with Crippen molar-refractivity contribution in [2.24, 2.45) is 5.41 Å². The predicted octanol–water partition coefficient (Wildman–Crippen LogP) is 1.96. The number of hydrogen-bond donors (Lipinski definition) is 3. The molecule has 17 heavy (non-hydrogen) atoms. The van der Waals surface area contributed by atoms with Crippen LogP contribution in [0, 0.1) is 5.41 Å². The van der Waals surface area contributed by atoms with E-state index in [9.17, 15) is 9.90 Å². The van der Waals surface area contributed by atoms with Crippen molar-refractivity contribution in [3.05, 3.63) is 29.8 Å². The molecule has 0 aromatic heterocycles. The number of hydrogen-bond acceptors (Lipinski definition) is 3. The summed E-state index contributed by atoms with van der Waals surface area (Å²) in [7, 11) is 0. The van der Waals surface area contributed by atoms with Gasteiger partial charge in [-0.15, -0.1) is 0 Å². The SMILES string of the molecule is CC1(C)C(O)CC1Nc1ccccc1C(=O)O. The molecule has 2 rings (SSSR count). The summed E-state index contributed by atoms with van der Waals surface area (Å²) in [6, 6.07) is 6.95. The number of aliphatic hydroxyl groups excluding tert-OH is 1. The van der Waals surface area contributed by atoms with E-state index in [-0.39, 0.29) is 23.1 Å². The normalized spacial score (nSPS) is 26.1. The van der Waals surface area contributed by atoms with Gasteiger partial charge in [0.05, 0.1) is 11.7 Å². The number of para-hydroxylation sites is 1. The van der Waals surface area contributed by atoms with Crippen LogP contribution in [0.15, 0.2) is 24.3 Å². The Bertz CT molecular complexity index is 442. The quantitative estimate of drug-likeness (QED) is 0.749. The average molecular weight is 235 g/mol. The molecule has 4 nitrogen and oxygen atoms in total. The van der Waals surface area contributed by atoms with Gasteiger partial charge in [0.1, 0.15) is 0 Å². The summed E-state index contributed by atoms with van der Waals surface area (Å²) in [5, 5.41) is 21.9. The van der Waals surface area contributed by atoms with E-state index < -0.39 is 5.97 Å². The Hall–Kier alpha value is -1.55. The molecule has 2 unspecified atom stereocenters. The summed E-state index contributed by atoms with van der Waals surface area (Å²) in [6.07, 6.45) is 0.331. The highest BCUT2D eigenvalue weighted by molar-refractivity contribution is 5.94. The van der Waals surface area contributed by atoms with Gasteiger partial charge in [-0.05, 0) is 18.6 Å². The van der Waals surface area contributed by atoms with E-state index in [0.29, 0.717) is 12.1 Å². The second kappa shape index (κ2) is 4.04. The van der Waals surface area contributed by atoms with E-state index >= 15 is 0 Å². The molecule has 2 atom stereocenters. The summed E-state index contributed by atoms with van der Waals surface area (Å²) >= 11 is 0. The third-order valence-electron chi connectivity index (χ3n) is 3.70. The van der Waals surface area contributed by atoms with E-state index in [1.165, 1.54) is 0 Å². The van der Waals surface area contributed by atoms with Gasteiger partial charge in [0.15, 0.2) is 0 Å². The van der Waals surface area contributed by atoms with E-state index in [4.69, 9.17) is 5.11 Å². The van der Waals surface area contributed by atoms with Gasteiger partial charge in [0.25, 0.3) is 0 Å². The topological polar surface area (TPSA) is 69.6 Å². The van der Waals surface area contributed by atoms with Gasteiger partial charge in [-0.2, -0.15) is 0 Å². The number of anilines is 1. The molecule has 0 amide bonds. The molecule has 1 fully saturated rings. The Morgan fingerprint density at radius 2 is 2.06 bits per heavy atom. The minimum absolute atomic E-state index is 0.109. The molecule has 0 spiro atoms. The molecule has 3 N–H and O–H groups in total. The Labute approximate surface area is 100 Å². The molecule has 0 aliphatic heterocycles. The first-order chi connectivity index (χ1) is 7.93. The number of aromatic carboxylic acids is 1. The summed E-state index contributed by atoms with van der Waals surface area (Å²) in [4.78, 5) is 11.0. The van der Waals surface area contributed by atoms with Gasteiger partial charge in [-0.1, -0.05) is 26.0 Å². The van der Waals surface area contributed by atoms with E-state index in [2.05, 4.69) is 5.32 Å². The van der Waals surface area contributed by atoms with Gasteiger partial charge < -0.3 is 15.5 Å². The average Bonchev–Trinajstić information content (AvgIpc) is 2.29. The zero-order valence-corrected chi connectivity index (χ0v) is 9.97. The van der Waals surface area contributed by atoms with Crippen LogP contribution in [0.1, 0.15) is 30.6 Å². The van der Waals surface area contributed by atoms with E-state index in [1.807, 2.05) is 13.8 Å². The zero-order chi connectivity index (χ0) is 12.6. The van der Waals surface area contributed by atoms with Crippen LogP contribution in [0.3, 0.4) is 0 Å². The maximum Gasteiger partial charge on any atom is 0.337 e. The number of carboxylic acids is 1. The van der Waals surface area contributed by atoms with E-state index in [0.717, 1.165) is 0 Å². The van der Waals surface area contributed by atoms with Crippen molar-refractivity contribution < 1.29 is 15.0 Å². The maximum atomic E-state index is 11.0. The van der Waals surface area contributed by atoms with Gasteiger partial charge in [0.2, 0.25) is 0 Å². The molecule has 4 heteroatoms. The highest BCUT2D eigenvalue weighted by Crippen LogP contribution is 2.42. The van der Waals surface area contributed by atoms with Crippen molar-refractivity contribution in [1.29, 1.82) is 0 Å². The highest BCUT2D eigenvalue weighted by Gasteiger charge is 2.47. The second-order valence-corrected chi connectivity index (χ2v) is 5.12. The van der Waals surface area contributed by atoms with Crippen LogP contribution in [0.4, 0.5) is 5.69 Å². The predicted molar refractivity (Wildman–Crippen MR) is 65.2 cm³/mol. The molecule has 1 aromatic rings. The van der Waals surface area contributed by atoms with Crippen molar-refractivity contribution in [3.63, 3.8) is 0 Å².